The van der Waals surface area contributed by atoms with Crippen LogP contribution >= 0.6 is 0 Å². The van der Waals surface area contributed by atoms with Crippen molar-refractivity contribution in [3.8, 4) is 44.5 Å². The summed E-state index contributed by atoms with van der Waals surface area (Å²) in [5.41, 5.74) is 19.6. The van der Waals surface area contributed by atoms with Crippen molar-refractivity contribution in [3.05, 3.63) is 186 Å². The number of anilines is 3. The predicted octanol–water partition coefficient (Wildman–Crippen LogP) is 13.3. The number of nitrogens with zero attached hydrogens (tertiary/aromatic N) is 1. The average Bonchev–Trinajstić information content (AvgIpc) is 3.40. The van der Waals surface area contributed by atoms with E-state index in [9.17, 15) is 0 Å². The van der Waals surface area contributed by atoms with Gasteiger partial charge in [-0.25, -0.2) is 0 Å². The zero-order chi connectivity index (χ0) is 33.7. The third kappa shape index (κ3) is 5.08. The normalized spacial score (nSPS) is 14.0. The quantitative estimate of drug-likeness (QED) is 0.174. The third-order valence-electron chi connectivity index (χ3n) is 11.1. The molecular weight excluding hydrogens is 603 g/mol. The van der Waals surface area contributed by atoms with Gasteiger partial charge in [-0.05, 0) is 123 Å². The third-order valence-corrected chi connectivity index (χ3v) is 11.1. The number of para-hydroxylation sites is 1. The fourth-order valence-electron chi connectivity index (χ4n) is 8.55. The van der Waals surface area contributed by atoms with Crippen LogP contribution in [0.3, 0.4) is 0 Å². The van der Waals surface area contributed by atoms with Gasteiger partial charge in [0.2, 0.25) is 0 Å². The van der Waals surface area contributed by atoms with Crippen molar-refractivity contribution in [1.29, 1.82) is 0 Å². The Kier molecular flexibility index (Phi) is 7.50. The summed E-state index contributed by atoms with van der Waals surface area (Å²) in [6.07, 6.45) is 4.70. The van der Waals surface area contributed by atoms with Gasteiger partial charge in [0.25, 0.3) is 0 Å². The molecule has 9 rings (SSSR count). The van der Waals surface area contributed by atoms with Crippen molar-refractivity contribution < 1.29 is 0 Å². The molecular formula is C49H41N. The van der Waals surface area contributed by atoms with Gasteiger partial charge in [-0.3, -0.25) is 0 Å². The lowest BCUT2D eigenvalue weighted by molar-refractivity contribution is 0.660. The molecule has 0 bridgehead atoms. The van der Waals surface area contributed by atoms with Gasteiger partial charge in [-0.1, -0.05) is 141 Å². The Morgan fingerprint density at radius 1 is 0.440 bits per heavy atom. The van der Waals surface area contributed by atoms with Crippen LogP contribution in [0.2, 0.25) is 0 Å². The molecule has 0 N–H and O–H groups in total. The second-order valence-electron chi connectivity index (χ2n) is 14.4. The Balaban J connectivity index is 1.36. The Morgan fingerprint density at radius 2 is 1.04 bits per heavy atom. The van der Waals surface area contributed by atoms with Gasteiger partial charge in [0, 0.05) is 22.4 Å². The summed E-state index contributed by atoms with van der Waals surface area (Å²) in [6.45, 7) is 4.78. The second kappa shape index (κ2) is 12.3. The fourth-order valence-corrected chi connectivity index (χ4v) is 8.55. The lowest BCUT2D eigenvalue weighted by Gasteiger charge is -2.32. The monoisotopic (exact) mass is 643 g/mol. The number of hydrogen-bond donors (Lipinski definition) is 0. The number of fused-ring (bicyclic) bond motifs is 4. The maximum Gasteiger partial charge on any atom is 0.0543 e. The van der Waals surface area contributed by atoms with Crippen LogP contribution in [-0.2, 0) is 18.3 Å². The highest BCUT2D eigenvalue weighted by molar-refractivity contribution is 5.99. The Morgan fingerprint density at radius 3 is 1.78 bits per heavy atom. The lowest BCUT2D eigenvalue weighted by Crippen LogP contribution is -2.17. The maximum absolute atomic E-state index is 2.54. The highest BCUT2D eigenvalue weighted by atomic mass is 15.1. The van der Waals surface area contributed by atoms with Crippen molar-refractivity contribution >= 4 is 17.1 Å². The minimum Gasteiger partial charge on any atom is -0.310 e. The van der Waals surface area contributed by atoms with Crippen LogP contribution in [0.1, 0.15) is 48.9 Å². The standard InChI is InChI=1S/C49H41N/c1-49(2)45-25-15-14-24-42(45)43-32-44(48-40-23-13-12-20-37(40)28-31-41(48)36-18-8-4-9-19-36)47(33-46(43)49)50(38-21-10-5-11-22-38)39-29-26-35(27-30-39)34-16-6-3-7-17-34/h3-11,14-19,21-22,24-33H,12-13,20,23H2,1-2H3. The predicted molar refractivity (Wildman–Crippen MR) is 212 cm³/mol. The molecule has 2 aliphatic carbocycles. The summed E-state index contributed by atoms with van der Waals surface area (Å²) in [6, 6.07) is 60.7. The van der Waals surface area contributed by atoms with Gasteiger partial charge >= 0.3 is 0 Å². The Hall–Kier alpha value is -5.66. The van der Waals surface area contributed by atoms with Crippen LogP contribution < -0.4 is 4.90 Å². The van der Waals surface area contributed by atoms with E-state index in [2.05, 4.69) is 183 Å². The Labute approximate surface area is 296 Å². The van der Waals surface area contributed by atoms with Crippen molar-refractivity contribution in [1.82, 2.24) is 0 Å². The van der Waals surface area contributed by atoms with Crippen molar-refractivity contribution in [2.75, 3.05) is 4.90 Å². The van der Waals surface area contributed by atoms with Crippen LogP contribution in [-0.4, -0.2) is 0 Å². The minimum absolute atomic E-state index is 0.128. The molecule has 0 heterocycles. The first kappa shape index (κ1) is 30.4. The summed E-state index contributed by atoms with van der Waals surface area (Å²) in [7, 11) is 0. The highest BCUT2D eigenvalue weighted by Crippen LogP contribution is 2.55. The fraction of sp³-hybridized carbons (Fsp3) is 0.143. The first-order valence-corrected chi connectivity index (χ1v) is 18.1. The van der Waals surface area contributed by atoms with Gasteiger partial charge < -0.3 is 4.90 Å². The molecule has 0 radical (unpaired) electrons. The summed E-state index contributed by atoms with van der Waals surface area (Å²) >= 11 is 0. The van der Waals surface area contributed by atoms with Crippen LogP contribution in [0.5, 0.6) is 0 Å². The molecule has 1 heteroatoms. The molecule has 0 saturated carbocycles. The first-order chi connectivity index (χ1) is 24.6. The summed E-state index contributed by atoms with van der Waals surface area (Å²) in [5.74, 6) is 0. The van der Waals surface area contributed by atoms with E-state index in [-0.39, 0.29) is 5.41 Å². The summed E-state index contributed by atoms with van der Waals surface area (Å²) in [5, 5.41) is 0. The summed E-state index contributed by atoms with van der Waals surface area (Å²) in [4.78, 5) is 2.50. The first-order valence-electron chi connectivity index (χ1n) is 18.1. The average molecular weight is 644 g/mol. The zero-order valence-corrected chi connectivity index (χ0v) is 28.9. The smallest absolute Gasteiger partial charge is 0.0543 e. The summed E-state index contributed by atoms with van der Waals surface area (Å²) < 4.78 is 0. The van der Waals surface area contributed by atoms with Crippen LogP contribution in [0.15, 0.2) is 164 Å². The molecule has 0 aromatic heterocycles. The maximum atomic E-state index is 2.54. The highest BCUT2D eigenvalue weighted by Gasteiger charge is 2.37. The van der Waals surface area contributed by atoms with Gasteiger partial charge in [0.15, 0.2) is 0 Å². The molecule has 0 aliphatic heterocycles. The lowest BCUT2D eigenvalue weighted by atomic mass is 9.79. The van der Waals surface area contributed by atoms with E-state index in [1.165, 1.54) is 85.3 Å². The van der Waals surface area contributed by atoms with E-state index in [4.69, 9.17) is 0 Å². The molecule has 7 aromatic carbocycles. The molecule has 0 unspecified atom stereocenters. The van der Waals surface area contributed by atoms with E-state index < -0.39 is 0 Å². The topological polar surface area (TPSA) is 3.24 Å². The van der Waals surface area contributed by atoms with Crippen LogP contribution in [0.4, 0.5) is 17.1 Å². The van der Waals surface area contributed by atoms with E-state index in [1.807, 2.05) is 0 Å². The van der Waals surface area contributed by atoms with Crippen molar-refractivity contribution in [2.45, 2.75) is 44.9 Å². The van der Waals surface area contributed by atoms with Gasteiger partial charge in [0.05, 0.1) is 5.69 Å². The zero-order valence-electron chi connectivity index (χ0n) is 28.9. The van der Waals surface area contributed by atoms with E-state index >= 15 is 0 Å². The van der Waals surface area contributed by atoms with Crippen molar-refractivity contribution in [3.63, 3.8) is 0 Å². The molecule has 7 aromatic rings. The molecule has 242 valence electrons. The van der Waals surface area contributed by atoms with Gasteiger partial charge in [0.1, 0.15) is 0 Å². The van der Waals surface area contributed by atoms with Crippen LogP contribution in [0.25, 0.3) is 44.5 Å². The number of aryl methyl sites for hydroxylation is 1. The number of rotatable bonds is 6. The molecule has 0 atom stereocenters. The number of hydrogen-bond acceptors (Lipinski definition) is 1. The van der Waals surface area contributed by atoms with E-state index in [0.29, 0.717) is 0 Å². The van der Waals surface area contributed by atoms with E-state index in [1.54, 1.807) is 0 Å². The largest absolute Gasteiger partial charge is 0.310 e. The SMILES string of the molecule is CC1(C)c2ccccc2-c2cc(-c3c(-c4ccccc4)ccc4c3CCCC4)c(N(c3ccccc3)c3ccc(-c4ccccc4)cc3)cc21. The molecule has 0 fully saturated rings. The molecule has 2 aliphatic rings. The van der Waals surface area contributed by atoms with Crippen LogP contribution in [0, 0.1) is 0 Å². The van der Waals surface area contributed by atoms with Crippen molar-refractivity contribution in [2.24, 2.45) is 0 Å². The van der Waals surface area contributed by atoms with Gasteiger partial charge in [-0.15, -0.1) is 0 Å². The van der Waals surface area contributed by atoms with E-state index in [0.717, 1.165) is 24.2 Å². The minimum atomic E-state index is -0.128. The molecule has 1 nitrogen and oxygen atoms in total. The molecule has 0 saturated heterocycles. The molecule has 0 amide bonds. The second-order valence-corrected chi connectivity index (χ2v) is 14.4. The number of benzene rings is 7. The Bertz CT molecular complexity index is 2320. The molecule has 50 heavy (non-hydrogen) atoms. The molecule has 0 spiro atoms. The van der Waals surface area contributed by atoms with Gasteiger partial charge in [-0.2, -0.15) is 0 Å².